The van der Waals surface area contributed by atoms with Crippen LogP contribution in [0, 0.1) is 0 Å². The van der Waals surface area contributed by atoms with E-state index >= 15 is 0 Å². The lowest BCUT2D eigenvalue weighted by atomic mass is 10.3. The minimum absolute atomic E-state index is 0.495. The Morgan fingerprint density at radius 3 is 2.83 bits per heavy atom. The molecule has 3 N–H and O–H groups in total. The van der Waals surface area contributed by atoms with Crippen molar-refractivity contribution >= 4 is 28.8 Å². The number of aromatic amines is 1. The summed E-state index contributed by atoms with van der Waals surface area (Å²) >= 11 is 7.32. The second kappa shape index (κ2) is 2.80. The van der Waals surface area contributed by atoms with Crippen LogP contribution in [-0.4, -0.2) is 10.2 Å². The Hall–Kier alpha value is -1.00. The number of hydrogen-bond donors (Lipinski definition) is 2. The number of rotatable bonds is 1. The Kier molecular flexibility index (Phi) is 1.78. The Labute approximate surface area is 78.2 Å². The van der Waals surface area contributed by atoms with Gasteiger partial charge in [-0.05, 0) is 6.07 Å². The zero-order chi connectivity index (χ0) is 8.55. The van der Waals surface area contributed by atoms with Crippen molar-refractivity contribution < 1.29 is 0 Å². The van der Waals surface area contributed by atoms with Crippen LogP contribution in [0.3, 0.4) is 0 Å². The topological polar surface area (TPSA) is 54.7 Å². The summed E-state index contributed by atoms with van der Waals surface area (Å²) in [7, 11) is 0. The zero-order valence-electron chi connectivity index (χ0n) is 6.04. The van der Waals surface area contributed by atoms with E-state index < -0.39 is 0 Å². The smallest absolute Gasteiger partial charge is 0.145 e. The number of nitrogens with zero attached hydrogens (tertiary/aromatic N) is 1. The van der Waals surface area contributed by atoms with Crippen molar-refractivity contribution in [3.05, 3.63) is 22.5 Å². The lowest BCUT2D eigenvalue weighted by Crippen LogP contribution is -1.81. The fourth-order valence-corrected chi connectivity index (χ4v) is 1.96. The molecule has 3 nitrogen and oxygen atoms in total. The van der Waals surface area contributed by atoms with Crippen LogP contribution in [-0.2, 0) is 0 Å². The van der Waals surface area contributed by atoms with Crippen LogP contribution in [0.1, 0.15) is 0 Å². The maximum atomic E-state index is 5.76. The van der Waals surface area contributed by atoms with Gasteiger partial charge in [0, 0.05) is 11.4 Å². The largest absolute Gasteiger partial charge is 0.382 e. The highest BCUT2D eigenvalue weighted by Gasteiger charge is 2.03. The normalized spacial score (nSPS) is 10.4. The van der Waals surface area contributed by atoms with E-state index in [-0.39, 0.29) is 0 Å². The molecule has 0 fully saturated rings. The number of aromatic nitrogens is 2. The van der Waals surface area contributed by atoms with E-state index in [0.29, 0.717) is 5.82 Å². The summed E-state index contributed by atoms with van der Waals surface area (Å²) in [6, 6.07) is 3.65. The van der Waals surface area contributed by atoms with Gasteiger partial charge >= 0.3 is 0 Å². The molecule has 0 aliphatic rings. The van der Waals surface area contributed by atoms with Gasteiger partial charge in [0.25, 0.3) is 0 Å². The number of thiophene rings is 1. The third-order valence-electron chi connectivity index (χ3n) is 1.43. The van der Waals surface area contributed by atoms with E-state index in [4.69, 9.17) is 17.3 Å². The van der Waals surface area contributed by atoms with Crippen molar-refractivity contribution in [2.45, 2.75) is 0 Å². The van der Waals surface area contributed by atoms with Gasteiger partial charge in [-0.15, -0.1) is 11.3 Å². The van der Waals surface area contributed by atoms with Crippen LogP contribution >= 0.6 is 22.9 Å². The van der Waals surface area contributed by atoms with Crippen molar-refractivity contribution in [1.82, 2.24) is 10.2 Å². The van der Waals surface area contributed by atoms with E-state index in [9.17, 15) is 0 Å². The lowest BCUT2D eigenvalue weighted by Gasteiger charge is -1.85. The molecule has 2 rings (SSSR count). The molecular weight excluding hydrogens is 194 g/mol. The minimum Gasteiger partial charge on any atom is -0.382 e. The first-order valence-corrected chi connectivity index (χ1v) is 4.57. The summed E-state index contributed by atoms with van der Waals surface area (Å²) in [5.74, 6) is 0.495. The average Bonchev–Trinajstić information content (AvgIpc) is 2.58. The molecule has 0 unspecified atom stereocenters. The van der Waals surface area contributed by atoms with Gasteiger partial charge in [0.15, 0.2) is 0 Å². The molecular formula is C7H6ClN3S. The van der Waals surface area contributed by atoms with E-state index in [1.165, 1.54) is 0 Å². The Morgan fingerprint density at radius 2 is 2.33 bits per heavy atom. The van der Waals surface area contributed by atoms with Crippen LogP contribution in [0.4, 0.5) is 5.82 Å². The van der Waals surface area contributed by atoms with Crippen molar-refractivity contribution in [1.29, 1.82) is 0 Å². The summed E-state index contributed by atoms with van der Waals surface area (Å²) in [5, 5.41) is 9.24. The highest BCUT2D eigenvalue weighted by molar-refractivity contribution is 7.14. The monoisotopic (exact) mass is 199 g/mol. The summed E-state index contributed by atoms with van der Waals surface area (Å²) in [6.45, 7) is 0. The molecule has 0 saturated heterocycles. The Morgan fingerprint density at radius 1 is 1.50 bits per heavy atom. The molecule has 2 aromatic rings. The molecule has 12 heavy (non-hydrogen) atoms. The molecule has 0 saturated carbocycles. The fraction of sp³-hybridized carbons (Fsp3) is 0. The van der Waals surface area contributed by atoms with E-state index in [1.54, 1.807) is 17.4 Å². The predicted octanol–water partition coefficient (Wildman–Crippen LogP) is 2.37. The van der Waals surface area contributed by atoms with Gasteiger partial charge in [0.05, 0.1) is 15.6 Å². The van der Waals surface area contributed by atoms with Gasteiger partial charge in [0.2, 0.25) is 0 Å². The van der Waals surface area contributed by atoms with Crippen molar-refractivity contribution in [3.63, 3.8) is 0 Å². The van der Waals surface area contributed by atoms with Crippen LogP contribution in [0.5, 0.6) is 0 Å². The molecule has 0 bridgehead atoms. The van der Waals surface area contributed by atoms with E-state index in [2.05, 4.69) is 10.2 Å². The Bertz CT molecular complexity index is 355. The summed E-state index contributed by atoms with van der Waals surface area (Å²) in [4.78, 5) is 1.05. The second-order valence-electron chi connectivity index (χ2n) is 2.34. The molecule has 0 spiro atoms. The van der Waals surface area contributed by atoms with Crippen LogP contribution in [0.15, 0.2) is 17.5 Å². The molecule has 0 aliphatic carbocycles. The van der Waals surface area contributed by atoms with Crippen molar-refractivity contribution in [3.8, 4) is 10.6 Å². The van der Waals surface area contributed by atoms with Gasteiger partial charge in [-0.25, -0.2) is 0 Å². The SMILES string of the molecule is Nc1cc(-c2cc(Cl)cs2)[nH]n1. The average molecular weight is 200 g/mol. The van der Waals surface area contributed by atoms with Crippen molar-refractivity contribution in [2.24, 2.45) is 0 Å². The highest BCUT2D eigenvalue weighted by atomic mass is 35.5. The van der Waals surface area contributed by atoms with E-state index in [0.717, 1.165) is 15.6 Å². The van der Waals surface area contributed by atoms with Gasteiger partial charge in [-0.1, -0.05) is 11.6 Å². The molecule has 0 aliphatic heterocycles. The number of nitrogens with one attached hydrogen (secondary N) is 1. The maximum Gasteiger partial charge on any atom is 0.145 e. The number of nitrogens with two attached hydrogens (primary N) is 1. The number of hydrogen-bond acceptors (Lipinski definition) is 3. The summed E-state index contributed by atoms with van der Waals surface area (Å²) in [6.07, 6.45) is 0. The van der Waals surface area contributed by atoms with Gasteiger partial charge in [0.1, 0.15) is 5.82 Å². The maximum absolute atomic E-state index is 5.76. The fourth-order valence-electron chi connectivity index (χ4n) is 0.918. The molecule has 0 aromatic carbocycles. The van der Waals surface area contributed by atoms with Gasteiger partial charge in [-0.2, -0.15) is 5.10 Å². The molecule has 0 radical (unpaired) electrons. The molecule has 2 heterocycles. The first-order chi connectivity index (χ1) is 5.75. The number of nitrogen functional groups attached to an aromatic ring is 1. The lowest BCUT2D eigenvalue weighted by molar-refractivity contribution is 1.11. The Balaban J connectivity index is 2.43. The van der Waals surface area contributed by atoms with Gasteiger partial charge in [-0.3, -0.25) is 5.10 Å². The molecule has 62 valence electrons. The third-order valence-corrected chi connectivity index (χ3v) is 2.74. The first-order valence-electron chi connectivity index (χ1n) is 3.31. The zero-order valence-corrected chi connectivity index (χ0v) is 7.62. The number of anilines is 1. The van der Waals surface area contributed by atoms with E-state index in [1.807, 2.05) is 11.4 Å². The summed E-state index contributed by atoms with van der Waals surface area (Å²) < 4.78 is 0. The minimum atomic E-state index is 0.495. The van der Waals surface area contributed by atoms with Crippen LogP contribution in [0.2, 0.25) is 5.02 Å². The van der Waals surface area contributed by atoms with Gasteiger partial charge < -0.3 is 5.73 Å². The van der Waals surface area contributed by atoms with Crippen LogP contribution < -0.4 is 5.73 Å². The third kappa shape index (κ3) is 1.31. The standard InChI is InChI=1S/C7H6ClN3S/c8-4-1-6(12-3-4)5-2-7(9)11-10-5/h1-3H,(H3,9,10,11). The highest BCUT2D eigenvalue weighted by Crippen LogP contribution is 2.28. The first kappa shape index (κ1) is 7.64. The van der Waals surface area contributed by atoms with Crippen LogP contribution in [0.25, 0.3) is 10.6 Å². The predicted molar refractivity (Wildman–Crippen MR) is 51.3 cm³/mol. The number of H-pyrrole nitrogens is 1. The summed E-state index contributed by atoms with van der Waals surface area (Å²) in [5.41, 5.74) is 6.36. The molecule has 0 amide bonds. The van der Waals surface area contributed by atoms with Crippen molar-refractivity contribution in [2.75, 3.05) is 5.73 Å². The molecule has 0 atom stereocenters. The molecule has 5 heteroatoms. The quantitative estimate of drug-likeness (QED) is 0.741. The molecule has 2 aromatic heterocycles. The second-order valence-corrected chi connectivity index (χ2v) is 3.68. The number of halogens is 1.